The number of anilines is 1. The molecule has 20 heavy (non-hydrogen) atoms. The molecule has 0 bridgehead atoms. The second-order valence-corrected chi connectivity index (χ2v) is 3.64. The number of hydrogen-bond acceptors (Lipinski definition) is 6. The van der Waals surface area contributed by atoms with Gasteiger partial charge in [0.1, 0.15) is 11.9 Å². The first-order chi connectivity index (χ1) is 9.53. The minimum absolute atomic E-state index is 0.233. The molecule has 0 fully saturated rings. The van der Waals surface area contributed by atoms with Crippen molar-refractivity contribution in [2.45, 2.75) is 6.29 Å². The fraction of sp³-hybridized carbons (Fsp3) is 0.250. The Bertz CT molecular complexity index is 563. The molecular formula is C12H14FN5O2. The number of benzene rings is 1. The lowest BCUT2D eigenvalue weighted by Gasteiger charge is -2.14. The van der Waals surface area contributed by atoms with Gasteiger partial charge in [-0.2, -0.15) is 10.4 Å². The molecule has 1 rings (SSSR count). The highest BCUT2D eigenvalue weighted by molar-refractivity contribution is 6.45. The van der Waals surface area contributed by atoms with Crippen molar-refractivity contribution in [2.24, 2.45) is 10.8 Å². The zero-order chi connectivity index (χ0) is 15.1. The molecule has 0 aromatic heterocycles. The molecule has 0 aliphatic heterocycles. The first-order valence-corrected chi connectivity index (χ1v) is 5.46. The van der Waals surface area contributed by atoms with Crippen LogP contribution in [0.4, 0.5) is 10.1 Å². The van der Waals surface area contributed by atoms with Gasteiger partial charge in [-0.05, 0) is 18.2 Å². The molecule has 0 heterocycles. The molecule has 8 heteroatoms. The monoisotopic (exact) mass is 279 g/mol. The fourth-order valence-corrected chi connectivity index (χ4v) is 1.40. The molecule has 0 amide bonds. The van der Waals surface area contributed by atoms with E-state index in [1.54, 1.807) is 6.07 Å². The van der Waals surface area contributed by atoms with Crippen LogP contribution >= 0.6 is 0 Å². The zero-order valence-corrected chi connectivity index (χ0v) is 11.0. The first kappa shape index (κ1) is 15.6. The van der Waals surface area contributed by atoms with Crippen LogP contribution in [0.2, 0.25) is 0 Å². The maximum atomic E-state index is 13.9. The fourth-order valence-electron chi connectivity index (χ4n) is 1.40. The van der Waals surface area contributed by atoms with Gasteiger partial charge in [-0.15, -0.1) is 0 Å². The van der Waals surface area contributed by atoms with E-state index in [0.717, 1.165) is 0 Å². The van der Waals surface area contributed by atoms with Crippen LogP contribution in [0, 0.1) is 22.6 Å². The molecule has 0 radical (unpaired) electrons. The third-order valence-corrected chi connectivity index (χ3v) is 2.34. The number of amidine groups is 1. The number of nitrogens with zero attached hydrogens (tertiary/aromatic N) is 2. The number of nitrogens with one attached hydrogen (secondary N) is 2. The molecule has 0 unspecified atom stereocenters. The molecule has 0 saturated carbocycles. The molecule has 0 aliphatic rings. The van der Waals surface area contributed by atoms with Crippen LogP contribution in [0.3, 0.4) is 0 Å². The lowest BCUT2D eigenvalue weighted by atomic mass is 10.2. The molecule has 0 saturated heterocycles. The van der Waals surface area contributed by atoms with Crippen molar-refractivity contribution in [3.05, 3.63) is 29.6 Å². The van der Waals surface area contributed by atoms with Gasteiger partial charge in [-0.3, -0.25) is 10.8 Å². The van der Waals surface area contributed by atoms with E-state index in [0.29, 0.717) is 5.69 Å². The second-order valence-electron chi connectivity index (χ2n) is 3.64. The van der Waals surface area contributed by atoms with Gasteiger partial charge in [-0.25, -0.2) is 4.39 Å². The summed E-state index contributed by atoms with van der Waals surface area (Å²) in [7, 11) is 2.80. The molecule has 1 aromatic rings. The molecule has 0 atom stereocenters. The molecule has 7 nitrogen and oxygen atoms in total. The first-order valence-electron chi connectivity index (χ1n) is 5.46. The maximum absolute atomic E-state index is 13.9. The van der Waals surface area contributed by atoms with Crippen molar-refractivity contribution < 1.29 is 13.9 Å². The standard InChI is InChI=1S/C12H14FN5O2/c1-19-12(20-2)8-4-3-7(5-9(8)13)17-18-10(6-14)11(15)16/h3-5,12,17H,1-2H3,(H3,15,16)/b18-10+. The minimum atomic E-state index is -0.806. The number of methoxy groups -OCH3 is 2. The van der Waals surface area contributed by atoms with E-state index in [-0.39, 0.29) is 11.3 Å². The Morgan fingerprint density at radius 3 is 2.60 bits per heavy atom. The predicted molar refractivity (Wildman–Crippen MR) is 71.7 cm³/mol. The van der Waals surface area contributed by atoms with Crippen molar-refractivity contribution in [3.63, 3.8) is 0 Å². The summed E-state index contributed by atoms with van der Waals surface area (Å²) in [5, 5.41) is 19.3. The lowest BCUT2D eigenvalue weighted by Crippen LogP contribution is -2.21. The summed E-state index contributed by atoms with van der Waals surface area (Å²) in [4.78, 5) is 0. The van der Waals surface area contributed by atoms with Crippen molar-refractivity contribution in [1.82, 2.24) is 0 Å². The summed E-state index contributed by atoms with van der Waals surface area (Å²) in [6.45, 7) is 0. The van der Waals surface area contributed by atoms with Crippen LogP contribution in [0.25, 0.3) is 0 Å². The lowest BCUT2D eigenvalue weighted by molar-refractivity contribution is -0.107. The Morgan fingerprint density at radius 1 is 1.50 bits per heavy atom. The average molecular weight is 279 g/mol. The van der Waals surface area contributed by atoms with Crippen molar-refractivity contribution >= 4 is 17.2 Å². The summed E-state index contributed by atoms with van der Waals surface area (Å²) in [5.41, 5.74) is 7.81. The summed E-state index contributed by atoms with van der Waals surface area (Å²) in [5.74, 6) is -1.03. The highest BCUT2D eigenvalue weighted by Gasteiger charge is 2.14. The van der Waals surface area contributed by atoms with Crippen LogP contribution in [-0.4, -0.2) is 25.8 Å². The normalized spacial score (nSPS) is 11.2. The number of nitrogens with two attached hydrogens (primary N) is 1. The summed E-state index contributed by atoms with van der Waals surface area (Å²) < 4.78 is 23.8. The van der Waals surface area contributed by atoms with Crippen molar-refractivity contribution in [3.8, 4) is 6.07 Å². The Kier molecular flexibility index (Phi) is 5.58. The van der Waals surface area contributed by atoms with E-state index in [4.69, 9.17) is 25.9 Å². The third kappa shape index (κ3) is 3.74. The van der Waals surface area contributed by atoms with Crippen LogP contribution in [0.5, 0.6) is 0 Å². The summed E-state index contributed by atoms with van der Waals surface area (Å²) in [6, 6.07) is 5.80. The highest BCUT2D eigenvalue weighted by Crippen LogP contribution is 2.23. The SMILES string of the molecule is COC(OC)c1ccc(N/N=C(\C#N)C(=N)N)cc1F. The van der Waals surface area contributed by atoms with Gasteiger partial charge >= 0.3 is 0 Å². The number of hydrazone groups is 1. The van der Waals surface area contributed by atoms with E-state index in [2.05, 4.69) is 10.5 Å². The van der Waals surface area contributed by atoms with Crippen LogP contribution < -0.4 is 11.2 Å². The van der Waals surface area contributed by atoms with Gasteiger partial charge in [-0.1, -0.05) is 0 Å². The topological polar surface area (TPSA) is 117 Å². The van der Waals surface area contributed by atoms with E-state index < -0.39 is 17.9 Å². The molecule has 0 aliphatic carbocycles. The number of nitriles is 1. The number of rotatable bonds is 6. The summed E-state index contributed by atoms with van der Waals surface area (Å²) >= 11 is 0. The number of hydrogen-bond donors (Lipinski definition) is 3. The smallest absolute Gasteiger partial charge is 0.201 e. The Morgan fingerprint density at radius 2 is 2.15 bits per heavy atom. The van der Waals surface area contributed by atoms with Gasteiger partial charge < -0.3 is 15.2 Å². The van der Waals surface area contributed by atoms with E-state index in [1.165, 1.54) is 32.4 Å². The highest BCUT2D eigenvalue weighted by atomic mass is 19.1. The molecular weight excluding hydrogens is 265 g/mol. The Balaban J connectivity index is 2.94. The van der Waals surface area contributed by atoms with Gasteiger partial charge in [0.05, 0.1) is 5.69 Å². The van der Waals surface area contributed by atoms with Crippen LogP contribution in [0.15, 0.2) is 23.3 Å². The largest absolute Gasteiger partial charge is 0.382 e. The van der Waals surface area contributed by atoms with E-state index in [9.17, 15) is 4.39 Å². The number of halogens is 1. The molecule has 4 N–H and O–H groups in total. The Labute approximate surface area is 115 Å². The quantitative estimate of drug-likeness (QED) is 0.314. The van der Waals surface area contributed by atoms with Crippen LogP contribution in [-0.2, 0) is 9.47 Å². The second kappa shape index (κ2) is 7.18. The zero-order valence-electron chi connectivity index (χ0n) is 11.0. The van der Waals surface area contributed by atoms with Gasteiger partial charge in [0.2, 0.25) is 5.71 Å². The molecule has 106 valence electrons. The van der Waals surface area contributed by atoms with Gasteiger partial charge in [0.25, 0.3) is 0 Å². The van der Waals surface area contributed by atoms with Gasteiger partial charge in [0, 0.05) is 19.8 Å². The molecule has 0 spiro atoms. The van der Waals surface area contributed by atoms with E-state index >= 15 is 0 Å². The summed E-state index contributed by atoms with van der Waals surface area (Å²) in [6.07, 6.45) is -0.806. The average Bonchev–Trinajstić information content (AvgIpc) is 2.42. The third-order valence-electron chi connectivity index (χ3n) is 2.34. The van der Waals surface area contributed by atoms with Crippen molar-refractivity contribution in [1.29, 1.82) is 10.7 Å². The number of ether oxygens (including phenoxy) is 2. The Hall–Kier alpha value is -2.50. The van der Waals surface area contributed by atoms with Crippen molar-refractivity contribution in [2.75, 3.05) is 19.6 Å². The predicted octanol–water partition coefficient (Wildman–Crippen LogP) is 1.34. The minimum Gasteiger partial charge on any atom is -0.382 e. The maximum Gasteiger partial charge on any atom is 0.201 e. The van der Waals surface area contributed by atoms with Crippen LogP contribution in [0.1, 0.15) is 11.9 Å². The van der Waals surface area contributed by atoms with Gasteiger partial charge in [0.15, 0.2) is 12.1 Å². The van der Waals surface area contributed by atoms with E-state index in [1.807, 2.05) is 0 Å². The molecule has 1 aromatic carbocycles.